The smallest absolute Gasteiger partial charge is 0.497 e. The van der Waals surface area contributed by atoms with Crippen LogP contribution in [0.4, 0.5) is 24.5 Å². The van der Waals surface area contributed by atoms with E-state index >= 15 is 0 Å². The second-order valence-electron chi connectivity index (χ2n) is 14.8. The topological polar surface area (TPSA) is 161 Å². The summed E-state index contributed by atoms with van der Waals surface area (Å²) in [6, 6.07) is 26.4. The fourth-order valence-electron chi connectivity index (χ4n) is 6.47. The van der Waals surface area contributed by atoms with Crippen molar-refractivity contribution in [2.45, 2.75) is 108 Å². The van der Waals surface area contributed by atoms with Crippen molar-refractivity contribution in [3.8, 4) is 23.0 Å². The van der Waals surface area contributed by atoms with Gasteiger partial charge in [0, 0.05) is 70.1 Å². The number of carboxylic acids is 1. The Balaban J connectivity index is 0.00000104. The van der Waals surface area contributed by atoms with Crippen molar-refractivity contribution in [3.05, 3.63) is 96.6 Å². The third kappa shape index (κ3) is 26.1. The van der Waals surface area contributed by atoms with Crippen LogP contribution in [0.25, 0.3) is 0 Å². The molecule has 0 aliphatic carbocycles. The van der Waals surface area contributed by atoms with Crippen molar-refractivity contribution in [3.63, 3.8) is 0 Å². The number of alkyl halides is 3. The van der Waals surface area contributed by atoms with Crippen molar-refractivity contribution in [1.82, 2.24) is 9.03 Å². The number of carbonyl (C=O) groups excluding carboxylic acids is 1. The number of rotatable bonds is 23. The van der Waals surface area contributed by atoms with Crippen LogP contribution in [0.3, 0.4) is 0 Å². The molecule has 388 valence electrons. The molecule has 69 heavy (non-hydrogen) atoms. The van der Waals surface area contributed by atoms with Crippen molar-refractivity contribution < 1.29 is 56.5 Å². The summed E-state index contributed by atoms with van der Waals surface area (Å²) in [7, 11) is 3.52. The minimum atomic E-state index is -4.60. The van der Waals surface area contributed by atoms with Crippen LogP contribution >= 0.6 is 11.9 Å². The first-order valence-corrected chi connectivity index (χ1v) is 25.1. The van der Waals surface area contributed by atoms with Crippen LogP contribution in [0.5, 0.6) is 23.0 Å². The molecule has 1 fully saturated rings. The Morgan fingerprint density at radius 1 is 0.739 bits per heavy atom. The van der Waals surface area contributed by atoms with Gasteiger partial charge in [0.25, 0.3) is 0 Å². The Hall–Kier alpha value is -4.85. The predicted molar refractivity (Wildman–Crippen MR) is 276 cm³/mol. The second-order valence-corrected chi connectivity index (χ2v) is 17.4. The summed E-state index contributed by atoms with van der Waals surface area (Å²) in [4.78, 5) is 26.4. The van der Waals surface area contributed by atoms with E-state index in [4.69, 9.17) is 24.5 Å². The number of hydrogen-bond acceptors (Lipinski definition) is 12. The number of aliphatic hydroxyl groups is 2. The van der Waals surface area contributed by atoms with Gasteiger partial charge >= 0.3 is 12.3 Å². The first-order chi connectivity index (χ1) is 33.4. The van der Waals surface area contributed by atoms with E-state index in [9.17, 15) is 27.3 Å². The zero-order chi connectivity index (χ0) is 52.0. The molecular weight excluding hydrogens is 934 g/mol. The Labute approximate surface area is 416 Å². The number of hydrogen-bond donors (Lipinski definition) is 4. The van der Waals surface area contributed by atoms with Gasteiger partial charge in [-0.1, -0.05) is 71.6 Å². The quantitative estimate of drug-likeness (QED) is 0.0520. The maximum Gasteiger partial charge on any atom is 0.573 e. The molecule has 1 aliphatic rings. The molecule has 4 aromatic rings. The van der Waals surface area contributed by atoms with E-state index in [1.54, 1.807) is 50.6 Å². The molecule has 5 rings (SSSR count). The predicted octanol–water partition coefficient (Wildman–Crippen LogP) is 11.6. The molecule has 4 N–H and O–H groups in total. The highest BCUT2D eigenvalue weighted by Crippen LogP contribution is 2.36. The molecule has 1 heterocycles. The highest BCUT2D eigenvalue weighted by atomic mass is 32.2. The number of halogens is 3. The van der Waals surface area contributed by atoms with Gasteiger partial charge in [0.2, 0.25) is 0 Å². The molecular formula is C51H77F3N4O9S2. The van der Waals surface area contributed by atoms with E-state index in [0.29, 0.717) is 22.9 Å². The fraction of sp³-hybridized carbons (Fsp3) is 0.490. The van der Waals surface area contributed by atoms with Crippen molar-refractivity contribution in [1.29, 1.82) is 0 Å². The minimum Gasteiger partial charge on any atom is -0.497 e. The van der Waals surface area contributed by atoms with Crippen LogP contribution < -0.4 is 28.7 Å². The van der Waals surface area contributed by atoms with Gasteiger partial charge < -0.3 is 44.1 Å². The van der Waals surface area contributed by atoms with E-state index in [1.807, 2.05) is 18.7 Å². The molecule has 1 unspecified atom stereocenters. The van der Waals surface area contributed by atoms with Gasteiger partial charge in [-0.15, -0.1) is 13.2 Å². The number of aliphatic hydroxyl groups excluding tert-OH is 2. The van der Waals surface area contributed by atoms with Crippen LogP contribution in [-0.4, -0.2) is 111 Å². The van der Waals surface area contributed by atoms with E-state index in [-0.39, 0.29) is 16.2 Å². The maximum absolute atomic E-state index is 12.6. The molecule has 4 aromatic carbocycles. The molecule has 1 aliphatic heterocycles. The number of nitrogens with zero attached hydrogens (tertiary/aromatic N) is 3. The third-order valence-corrected chi connectivity index (χ3v) is 12.1. The van der Waals surface area contributed by atoms with Crippen molar-refractivity contribution in [2.75, 3.05) is 77.4 Å². The van der Waals surface area contributed by atoms with E-state index in [0.717, 1.165) is 53.0 Å². The van der Waals surface area contributed by atoms with E-state index in [2.05, 4.69) is 75.5 Å². The standard InChI is InChI=1S/C23H32N2O5S.C18H30N2S.C7H5F3O.2CH4O.CH2O/c1-5-7-13-25(14-8-6-2)20-16-21(30-18-11-9-17(29-4)10-12-18)22(31(28)24-3)15-19(20)23(26)27;1-3-5-13-19(14-6-4-2)17-9-11-18(12-10-17)21-20-15-7-8-16-20;8-7(9,10)11-6-4-2-1-3-5-6;3*1-2/h9-12,15-16,24H,5-8,13-14H2,1-4H3,(H,26,27);9-12H,3-8,13-16H2,1-2H3;1-5H;2*2H,1H3;1H2. The lowest BCUT2D eigenvalue weighted by Crippen LogP contribution is -2.28. The van der Waals surface area contributed by atoms with Crippen LogP contribution in [0.2, 0.25) is 0 Å². The number of unbranched alkanes of at least 4 members (excludes halogenated alkanes) is 4. The fourth-order valence-corrected chi connectivity index (χ4v) is 8.20. The number of benzene rings is 4. The molecule has 13 nitrogen and oxygen atoms in total. The highest BCUT2D eigenvalue weighted by Gasteiger charge is 2.31. The summed E-state index contributed by atoms with van der Waals surface area (Å²) in [6.45, 7) is 17.1. The Morgan fingerprint density at radius 2 is 1.22 bits per heavy atom. The van der Waals surface area contributed by atoms with Crippen LogP contribution in [0.15, 0.2) is 101 Å². The summed E-state index contributed by atoms with van der Waals surface area (Å²) in [5.41, 5.74) is 2.09. The summed E-state index contributed by atoms with van der Waals surface area (Å²) < 4.78 is 67.2. The molecule has 0 spiro atoms. The van der Waals surface area contributed by atoms with Gasteiger partial charge in [-0.25, -0.2) is 18.0 Å². The molecule has 0 aromatic heterocycles. The second kappa shape index (κ2) is 38.9. The zero-order valence-electron chi connectivity index (χ0n) is 41.8. The van der Waals surface area contributed by atoms with Crippen LogP contribution in [0.1, 0.15) is 102 Å². The van der Waals surface area contributed by atoms with Crippen LogP contribution in [0, 0.1) is 0 Å². The number of anilines is 2. The van der Waals surface area contributed by atoms with Crippen LogP contribution in [-0.2, 0) is 15.8 Å². The number of para-hydroxylation sites is 1. The average Bonchev–Trinajstić information content (AvgIpc) is 3.89. The molecule has 1 atom stereocenters. The Bertz CT molecular complexity index is 1910. The summed E-state index contributed by atoms with van der Waals surface area (Å²) >= 11 is 1.92. The molecule has 0 saturated carbocycles. The first-order valence-electron chi connectivity index (χ1n) is 23.2. The zero-order valence-corrected chi connectivity index (χ0v) is 43.4. The molecule has 0 bridgehead atoms. The SMILES string of the molecule is C=O.CCCCN(CCCC)c1cc(Oc2ccc(OC)cc2)c(S(=O)NC)cc1C(=O)O.CCCCN(CCCC)c1ccc(SN2CCCC2)cc1.CO.CO.FC(F)(F)Oc1ccccc1. The number of methoxy groups -OCH3 is 1. The number of carbonyl (C=O) groups is 2. The van der Waals surface area contributed by atoms with Gasteiger partial charge in [0.15, 0.2) is 0 Å². The summed E-state index contributed by atoms with van der Waals surface area (Å²) in [5.74, 6) is 0.339. The minimum absolute atomic E-state index is 0.118. The van der Waals surface area contributed by atoms with Gasteiger partial charge in [-0.05, 0) is 124 Å². The van der Waals surface area contributed by atoms with Gasteiger partial charge in [-0.3, -0.25) is 0 Å². The number of carboxylic acid groups (broad SMARTS) is 1. The average molecular weight is 1010 g/mol. The Morgan fingerprint density at radius 3 is 1.65 bits per heavy atom. The van der Waals surface area contributed by atoms with Gasteiger partial charge in [0.05, 0.1) is 23.3 Å². The molecule has 0 amide bonds. The molecule has 0 radical (unpaired) electrons. The van der Waals surface area contributed by atoms with Gasteiger partial charge in [-0.2, -0.15) is 0 Å². The molecule has 1 saturated heterocycles. The highest BCUT2D eigenvalue weighted by molar-refractivity contribution is 7.97. The van der Waals surface area contributed by atoms with E-state index < -0.39 is 23.3 Å². The van der Waals surface area contributed by atoms with Crippen molar-refractivity contribution in [2.24, 2.45) is 0 Å². The Kier molecular flexibility index (Phi) is 36.2. The van der Waals surface area contributed by atoms with Crippen molar-refractivity contribution >= 4 is 47.1 Å². The summed E-state index contributed by atoms with van der Waals surface area (Å²) in [5, 5.41) is 23.9. The lowest BCUT2D eigenvalue weighted by molar-refractivity contribution is -0.274. The number of ether oxygens (including phenoxy) is 3. The lowest BCUT2D eigenvalue weighted by atomic mass is 10.1. The van der Waals surface area contributed by atoms with Gasteiger partial charge in [0.1, 0.15) is 40.8 Å². The number of aromatic carboxylic acids is 1. The molecule has 18 heteroatoms. The van der Waals surface area contributed by atoms with E-state index in [1.165, 1.54) is 106 Å². The lowest BCUT2D eigenvalue weighted by Gasteiger charge is -2.27. The number of nitrogens with one attached hydrogen (secondary N) is 1. The monoisotopic (exact) mass is 1010 g/mol. The first kappa shape index (κ1) is 64.2. The normalized spacial score (nSPS) is 12.0. The largest absolute Gasteiger partial charge is 0.573 e. The maximum atomic E-state index is 12.6. The summed E-state index contributed by atoms with van der Waals surface area (Å²) in [6.07, 6.45) is 7.12. The third-order valence-electron chi connectivity index (χ3n) is 9.91.